The first kappa shape index (κ1) is 21.0. The number of hydrogen-bond acceptors (Lipinski definition) is 4. The van der Waals surface area contributed by atoms with Gasteiger partial charge in [-0.25, -0.2) is 8.42 Å². The van der Waals surface area contributed by atoms with Gasteiger partial charge in [-0.05, 0) is 42.7 Å². The Morgan fingerprint density at radius 1 is 1.08 bits per heavy atom. The molecule has 1 amide bonds. The van der Waals surface area contributed by atoms with Gasteiger partial charge in [0.15, 0.2) is 9.84 Å². The third-order valence-corrected chi connectivity index (χ3v) is 5.59. The van der Waals surface area contributed by atoms with Crippen LogP contribution in [0.1, 0.15) is 29.3 Å². The second kappa shape index (κ2) is 9.44. The lowest BCUT2D eigenvalue weighted by Crippen LogP contribution is -2.27. The van der Waals surface area contributed by atoms with Crippen LogP contribution in [0.5, 0.6) is 0 Å². The van der Waals surface area contributed by atoms with Crippen molar-refractivity contribution < 1.29 is 13.2 Å². The Morgan fingerprint density at radius 3 is 2.36 bits per heavy atom. The number of rotatable bonds is 7. The molecule has 0 fully saturated rings. The van der Waals surface area contributed by atoms with Gasteiger partial charge in [0.05, 0.1) is 16.2 Å². The Bertz CT molecular complexity index is 805. The van der Waals surface area contributed by atoms with Crippen molar-refractivity contribution in [3.8, 4) is 0 Å². The van der Waals surface area contributed by atoms with E-state index in [1.807, 2.05) is 24.3 Å². The molecule has 0 radical (unpaired) electrons. The van der Waals surface area contributed by atoms with E-state index in [4.69, 9.17) is 5.73 Å². The number of amides is 1. The van der Waals surface area contributed by atoms with Crippen molar-refractivity contribution in [2.45, 2.75) is 24.7 Å². The third kappa shape index (κ3) is 5.76. The maximum atomic E-state index is 12.4. The molecule has 7 heteroatoms. The van der Waals surface area contributed by atoms with Gasteiger partial charge in [0.2, 0.25) is 0 Å². The molecule has 0 aliphatic rings. The number of nitrogens with one attached hydrogen (secondary N) is 1. The van der Waals surface area contributed by atoms with E-state index in [1.165, 1.54) is 6.07 Å². The molecule has 0 spiro atoms. The zero-order valence-electron chi connectivity index (χ0n) is 14.1. The first-order valence-corrected chi connectivity index (χ1v) is 9.53. The average Bonchev–Trinajstić information content (AvgIpc) is 2.56. The third-order valence-electron chi connectivity index (χ3n) is 3.62. The lowest BCUT2D eigenvalue weighted by Gasteiger charge is -2.10. The summed E-state index contributed by atoms with van der Waals surface area (Å²) in [6.45, 7) is 2.22. The van der Waals surface area contributed by atoms with Gasteiger partial charge < -0.3 is 11.1 Å². The van der Waals surface area contributed by atoms with Gasteiger partial charge >= 0.3 is 0 Å². The van der Waals surface area contributed by atoms with Crippen molar-refractivity contribution in [1.82, 2.24) is 5.32 Å². The maximum absolute atomic E-state index is 12.4. The van der Waals surface area contributed by atoms with E-state index in [0.29, 0.717) is 25.1 Å². The SMILES string of the molecule is CCCS(=O)(=O)c1ccccc1C(=O)NCCc1ccc(N)cc1.Cl. The lowest BCUT2D eigenvalue weighted by molar-refractivity contribution is 0.0951. The van der Waals surface area contributed by atoms with Crippen LogP contribution in [0.3, 0.4) is 0 Å². The molecule has 0 bridgehead atoms. The van der Waals surface area contributed by atoms with Crippen LogP contribution in [0.15, 0.2) is 53.4 Å². The molecular formula is C18H23ClN2O3S. The minimum absolute atomic E-state index is 0. The van der Waals surface area contributed by atoms with Crippen molar-refractivity contribution >= 4 is 33.8 Å². The molecule has 3 N–H and O–H groups in total. The maximum Gasteiger partial charge on any atom is 0.252 e. The Kier molecular flexibility index (Phi) is 7.93. The Morgan fingerprint density at radius 2 is 1.72 bits per heavy atom. The molecule has 2 aromatic carbocycles. The molecule has 5 nitrogen and oxygen atoms in total. The van der Waals surface area contributed by atoms with E-state index in [1.54, 1.807) is 25.1 Å². The molecule has 0 saturated carbocycles. The molecule has 25 heavy (non-hydrogen) atoms. The number of hydrogen-bond donors (Lipinski definition) is 2. The number of carbonyl (C=O) groups excluding carboxylic acids is 1. The zero-order valence-corrected chi connectivity index (χ0v) is 15.7. The van der Waals surface area contributed by atoms with E-state index >= 15 is 0 Å². The van der Waals surface area contributed by atoms with E-state index in [-0.39, 0.29) is 34.5 Å². The highest BCUT2D eigenvalue weighted by molar-refractivity contribution is 7.91. The van der Waals surface area contributed by atoms with Gasteiger partial charge in [-0.1, -0.05) is 31.2 Å². The minimum Gasteiger partial charge on any atom is -0.399 e. The number of anilines is 1. The summed E-state index contributed by atoms with van der Waals surface area (Å²) in [6, 6.07) is 13.8. The quantitative estimate of drug-likeness (QED) is 0.720. The Labute approximate surface area is 155 Å². The molecule has 2 aromatic rings. The second-order valence-corrected chi connectivity index (χ2v) is 7.64. The fourth-order valence-electron chi connectivity index (χ4n) is 2.40. The van der Waals surface area contributed by atoms with Gasteiger partial charge in [0.25, 0.3) is 5.91 Å². The topological polar surface area (TPSA) is 89.3 Å². The summed E-state index contributed by atoms with van der Waals surface area (Å²) in [5.74, 6) is -0.344. The van der Waals surface area contributed by atoms with Gasteiger partial charge in [-0.15, -0.1) is 12.4 Å². The van der Waals surface area contributed by atoms with E-state index < -0.39 is 9.84 Å². The summed E-state index contributed by atoms with van der Waals surface area (Å²) in [7, 11) is -3.44. The van der Waals surface area contributed by atoms with Gasteiger partial charge in [0, 0.05) is 12.2 Å². The highest BCUT2D eigenvalue weighted by Crippen LogP contribution is 2.17. The van der Waals surface area contributed by atoms with Crippen LogP contribution in [0.2, 0.25) is 0 Å². The zero-order chi connectivity index (χ0) is 17.6. The van der Waals surface area contributed by atoms with Crippen molar-refractivity contribution in [2.24, 2.45) is 0 Å². The highest BCUT2D eigenvalue weighted by atomic mass is 35.5. The fraction of sp³-hybridized carbons (Fsp3) is 0.278. The van der Waals surface area contributed by atoms with Crippen LogP contribution in [-0.2, 0) is 16.3 Å². The van der Waals surface area contributed by atoms with Crippen LogP contribution in [0.4, 0.5) is 5.69 Å². The smallest absolute Gasteiger partial charge is 0.252 e. The summed E-state index contributed by atoms with van der Waals surface area (Å²) in [5.41, 5.74) is 7.58. The second-order valence-electron chi connectivity index (χ2n) is 5.56. The molecule has 0 aliphatic carbocycles. The van der Waals surface area contributed by atoms with Gasteiger partial charge in [-0.3, -0.25) is 4.79 Å². The normalized spacial score (nSPS) is 10.8. The van der Waals surface area contributed by atoms with Crippen molar-refractivity contribution in [1.29, 1.82) is 0 Å². The highest BCUT2D eigenvalue weighted by Gasteiger charge is 2.21. The number of benzene rings is 2. The average molecular weight is 383 g/mol. The largest absolute Gasteiger partial charge is 0.399 e. The Hall–Kier alpha value is -2.05. The van der Waals surface area contributed by atoms with Crippen molar-refractivity contribution in [3.63, 3.8) is 0 Å². The molecular weight excluding hydrogens is 360 g/mol. The first-order valence-electron chi connectivity index (χ1n) is 7.88. The van der Waals surface area contributed by atoms with Crippen LogP contribution in [0.25, 0.3) is 0 Å². The molecule has 0 aromatic heterocycles. The predicted octanol–water partition coefficient (Wildman–Crippen LogP) is 2.85. The summed E-state index contributed by atoms with van der Waals surface area (Å²) in [4.78, 5) is 12.5. The van der Waals surface area contributed by atoms with Crippen LogP contribution >= 0.6 is 12.4 Å². The number of sulfone groups is 1. The van der Waals surface area contributed by atoms with Crippen LogP contribution in [0, 0.1) is 0 Å². The number of halogens is 1. The first-order chi connectivity index (χ1) is 11.4. The van der Waals surface area contributed by atoms with Gasteiger partial charge in [-0.2, -0.15) is 0 Å². The van der Waals surface area contributed by atoms with E-state index in [0.717, 1.165) is 5.56 Å². The molecule has 0 unspecified atom stereocenters. The lowest BCUT2D eigenvalue weighted by atomic mass is 10.1. The van der Waals surface area contributed by atoms with Crippen LogP contribution in [-0.4, -0.2) is 26.6 Å². The van der Waals surface area contributed by atoms with E-state index in [9.17, 15) is 13.2 Å². The summed E-state index contributed by atoms with van der Waals surface area (Å²) >= 11 is 0. The predicted molar refractivity (Wildman–Crippen MR) is 103 cm³/mol. The molecule has 2 rings (SSSR count). The van der Waals surface area contributed by atoms with Crippen molar-refractivity contribution in [2.75, 3.05) is 18.0 Å². The number of nitrogen functional groups attached to an aromatic ring is 1. The monoisotopic (exact) mass is 382 g/mol. The van der Waals surface area contributed by atoms with Crippen LogP contribution < -0.4 is 11.1 Å². The summed E-state index contributed by atoms with van der Waals surface area (Å²) < 4.78 is 24.6. The molecule has 0 atom stereocenters. The molecule has 0 heterocycles. The van der Waals surface area contributed by atoms with Crippen molar-refractivity contribution in [3.05, 3.63) is 59.7 Å². The molecule has 136 valence electrons. The van der Waals surface area contributed by atoms with Gasteiger partial charge in [0.1, 0.15) is 0 Å². The molecule has 0 saturated heterocycles. The Balaban J connectivity index is 0.00000312. The summed E-state index contributed by atoms with van der Waals surface area (Å²) in [6.07, 6.45) is 1.16. The number of nitrogens with two attached hydrogens (primary N) is 1. The van der Waals surface area contributed by atoms with E-state index in [2.05, 4.69) is 5.32 Å². The summed E-state index contributed by atoms with van der Waals surface area (Å²) in [5, 5.41) is 2.78. The fourth-order valence-corrected chi connectivity index (χ4v) is 3.94. The molecule has 0 aliphatic heterocycles. The standard InChI is InChI=1S/C18H22N2O3S.ClH/c1-2-13-24(22,23)17-6-4-3-5-16(17)18(21)20-12-11-14-7-9-15(19)10-8-14;/h3-10H,2,11-13,19H2,1H3,(H,20,21);1H. The minimum atomic E-state index is -3.44. The number of carbonyl (C=O) groups is 1.